The molecule has 18 heavy (non-hydrogen) atoms. The lowest BCUT2D eigenvalue weighted by atomic mass is 9.82. The number of likely N-dealkylation sites (N-methyl/N-ethyl adjacent to an activating group) is 1. The number of likely N-dealkylation sites (tertiary alicyclic amines) is 1. The highest BCUT2D eigenvalue weighted by molar-refractivity contribution is 5.30. The third kappa shape index (κ3) is 3.07. The number of hydrogen-bond donors (Lipinski definition) is 0. The quantitative estimate of drug-likeness (QED) is 0.636. The highest BCUT2D eigenvalue weighted by Gasteiger charge is 2.29. The molecule has 0 bridgehead atoms. The van der Waals surface area contributed by atoms with E-state index in [1.807, 2.05) is 0 Å². The summed E-state index contributed by atoms with van der Waals surface area (Å²) in [4.78, 5) is 2.38. The van der Waals surface area contributed by atoms with E-state index < -0.39 is 0 Å². The molecule has 2 rings (SSSR count). The zero-order chi connectivity index (χ0) is 13.0. The Bertz CT molecular complexity index is 349. The fourth-order valence-corrected chi connectivity index (χ4v) is 3.07. The minimum Gasteiger partial charge on any atom is -0.371 e. The van der Waals surface area contributed by atoms with Crippen LogP contribution in [-0.2, 0) is 0 Å². The van der Waals surface area contributed by atoms with Gasteiger partial charge >= 0.3 is 0 Å². The van der Waals surface area contributed by atoms with Crippen molar-refractivity contribution < 1.29 is 0 Å². The van der Waals surface area contributed by atoms with E-state index in [1.165, 1.54) is 49.8 Å². The Morgan fingerprint density at radius 1 is 1.33 bits per heavy atom. The van der Waals surface area contributed by atoms with E-state index in [0.717, 1.165) is 6.42 Å². The second-order valence-electron chi connectivity index (χ2n) is 5.78. The normalized spacial score (nSPS) is 27.1. The van der Waals surface area contributed by atoms with Gasteiger partial charge in [0, 0.05) is 18.7 Å². The summed E-state index contributed by atoms with van der Waals surface area (Å²) in [7, 11) is 2.20. The molecule has 1 saturated heterocycles. The van der Waals surface area contributed by atoms with Gasteiger partial charge in [-0.15, -0.1) is 0 Å². The standard InChI is InChI=1S/C17H27N/c1-4-5-6-7-8-15-10-12-16-11-9-14(2)18(3)17(16)13-15/h10,12-13,16-17H,2,4-9,11H2,1,3H3. The summed E-state index contributed by atoms with van der Waals surface area (Å²) in [6.45, 7) is 6.44. The van der Waals surface area contributed by atoms with E-state index in [4.69, 9.17) is 0 Å². The van der Waals surface area contributed by atoms with Gasteiger partial charge in [-0.2, -0.15) is 0 Å². The number of hydrogen-bond acceptors (Lipinski definition) is 1. The molecule has 2 atom stereocenters. The van der Waals surface area contributed by atoms with Gasteiger partial charge < -0.3 is 4.90 Å². The third-order valence-corrected chi connectivity index (χ3v) is 4.41. The minimum atomic E-state index is 0.567. The molecule has 100 valence electrons. The van der Waals surface area contributed by atoms with Crippen LogP contribution in [0.1, 0.15) is 51.9 Å². The van der Waals surface area contributed by atoms with Crippen molar-refractivity contribution in [1.29, 1.82) is 0 Å². The molecule has 0 N–H and O–H groups in total. The number of unbranched alkanes of at least 4 members (excludes halogenated alkanes) is 3. The third-order valence-electron chi connectivity index (χ3n) is 4.41. The summed E-state index contributed by atoms with van der Waals surface area (Å²) in [5.41, 5.74) is 2.84. The smallest absolute Gasteiger partial charge is 0.0535 e. The average Bonchev–Trinajstić information content (AvgIpc) is 2.39. The number of rotatable bonds is 5. The van der Waals surface area contributed by atoms with Crippen molar-refractivity contribution in [2.24, 2.45) is 5.92 Å². The molecule has 0 amide bonds. The number of fused-ring (bicyclic) bond motifs is 1. The van der Waals surface area contributed by atoms with E-state index >= 15 is 0 Å². The van der Waals surface area contributed by atoms with Crippen LogP contribution >= 0.6 is 0 Å². The molecule has 1 heteroatoms. The molecule has 1 aliphatic carbocycles. The first-order chi connectivity index (χ1) is 8.72. The molecule has 0 aromatic rings. The van der Waals surface area contributed by atoms with Crippen LogP contribution in [0, 0.1) is 5.92 Å². The van der Waals surface area contributed by atoms with Gasteiger partial charge in [0.2, 0.25) is 0 Å². The van der Waals surface area contributed by atoms with Crippen molar-refractivity contribution in [2.75, 3.05) is 7.05 Å². The first kappa shape index (κ1) is 13.5. The molecule has 0 saturated carbocycles. The van der Waals surface area contributed by atoms with E-state index in [2.05, 4.69) is 43.7 Å². The van der Waals surface area contributed by atoms with Crippen molar-refractivity contribution in [3.05, 3.63) is 36.1 Å². The highest BCUT2D eigenvalue weighted by Crippen LogP contribution is 2.34. The second-order valence-corrected chi connectivity index (χ2v) is 5.78. The zero-order valence-corrected chi connectivity index (χ0v) is 12.0. The molecule has 1 fully saturated rings. The Morgan fingerprint density at radius 2 is 2.17 bits per heavy atom. The Morgan fingerprint density at radius 3 is 2.94 bits per heavy atom. The minimum absolute atomic E-state index is 0.567. The van der Waals surface area contributed by atoms with Crippen LogP contribution in [0.2, 0.25) is 0 Å². The molecule has 2 aliphatic rings. The second kappa shape index (κ2) is 6.26. The van der Waals surface area contributed by atoms with Gasteiger partial charge in [-0.05, 0) is 25.7 Å². The maximum absolute atomic E-state index is 4.17. The Hall–Kier alpha value is -0.980. The summed E-state index contributed by atoms with van der Waals surface area (Å²) in [6.07, 6.45) is 16.4. The van der Waals surface area contributed by atoms with Gasteiger partial charge in [-0.1, -0.05) is 56.6 Å². The van der Waals surface area contributed by atoms with Crippen LogP contribution in [-0.4, -0.2) is 18.0 Å². The van der Waals surface area contributed by atoms with Gasteiger partial charge in [0.05, 0.1) is 6.04 Å². The molecule has 1 aliphatic heterocycles. The summed E-state index contributed by atoms with van der Waals surface area (Å²) < 4.78 is 0. The maximum atomic E-state index is 4.17. The summed E-state index contributed by atoms with van der Waals surface area (Å²) >= 11 is 0. The molecular weight excluding hydrogens is 218 g/mol. The van der Waals surface area contributed by atoms with E-state index in [-0.39, 0.29) is 0 Å². The van der Waals surface area contributed by atoms with Crippen molar-refractivity contribution in [3.63, 3.8) is 0 Å². The fourth-order valence-electron chi connectivity index (χ4n) is 3.07. The molecule has 1 heterocycles. The van der Waals surface area contributed by atoms with Crippen LogP contribution in [0.3, 0.4) is 0 Å². The summed E-state index contributed by atoms with van der Waals surface area (Å²) in [5, 5.41) is 0. The summed E-state index contributed by atoms with van der Waals surface area (Å²) in [6, 6.07) is 0.567. The van der Waals surface area contributed by atoms with Crippen molar-refractivity contribution in [3.8, 4) is 0 Å². The van der Waals surface area contributed by atoms with Crippen LogP contribution in [0.15, 0.2) is 36.1 Å². The van der Waals surface area contributed by atoms with Crippen molar-refractivity contribution >= 4 is 0 Å². The molecule has 1 nitrogen and oxygen atoms in total. The fraction of sp³-hybridized carbons (Fsp3) is 0.647. The SMILES string of the molecule is C=C1CCC2C=CC(CCCCCC)=CC2N1C. The predicted molar refractivity (Wildman–Crippen MR) is 79.4 cm³/mol. The number of allylic oxidation sites excluding steroid dienone is 3. The Balaban J connectivity index is 1.91. The molecular formula is C17H27N. The maximum Gasteiger partial charge on any atom is 0.0535 e. The lowest BCUT2D eigenvalue weighted by Gasteiger charge is -2.41. The van der Waals surface area contributed by atoms with Crippen molar-refractivity contribution in [2.45, 2.75) is 57.9 Å². The topological polar surface area (TPSA) is 3.24 Å². The van der Waals surface area contributed by atoms with E-state index in [9.17, 15) is 0 Å². The van der Waals surface area contributed by atoms with Gasteiger partial charge in [0.25, 0.3) is 0 Å². The van der Waals surface area contributed by atoms with E-state index in [1.54, 1.807) is 0 Å². The summed E-state index contributed by atoms with van der Waals surface area (Å²) in [5.74, 6) is 0.708. The van der Waals surface area contributed by atoms with E-state index in [0.29, 0.717) is 12.0 Å². The zero-order valence-electron chi connectivity index (χ0n) is 12.0. The van der Waals surface area contributed by atoms with Gasteiger partial charge in [0.15, 0.2) is 0 Å². The largest absolute Gasteiger partial charge is 0.371 e. The lowest BCUT2D eigenvalue weighted by Crippen LogP contribution is -2.40. The van der Waals surface area contributed by atoms with Crippen LogP contribution in [0.4, 0.5) is 0 Å². The van der Waals surface area contributed by atoms with Gasteiger partial charge in [-0.25, -0.2) is 0 Å². The molecule has 0 radical (unpaired) electrons. The monoisotopic (exact) mass is 245 g/mol. The van der Waals surface area contributed by atoms with Gasteiger partial charge in [0.1, 0.15) is 0 Å². The van der Waals surface area contributed by atoms with Crippen LogP contribution in [0.25, 0.3) is 0 Å². The molecule has 0 aromatic carbocycles. The number of nitrogens with zero attached hydrogens (tertiary/aromatic N) is 1. The molecule has 0 aromatic heterocycles. The van der Waals surface area contributed by atoms with Crippen LogP contribution < -0.4 is 0 Å². The average molecular weight is 245 g/mol. The Kier molecular flexibility index (Phi) is 4.68. The Labute approximate surface area is 112 Å². The van der Waals surface area contributed by atoms with Crippen molar-refractivity contribution in [1.82, 2.24) is 4.90 Å². The molecule has 0 spiro atoms. The molecule has 2 unspecified atom stereocenters. The number of piperidine rings is 1. The highest BCUT2D eigenvalue weighted by atomic mass is 15.1. The predicted octanol–water partition coefficient (Wildman–Crippen LogP) is 4.68. The van der Waals surface area contributed by atoms with Crippen LogP contribution in [0.5, 0.6) is 0 Å². The lowest BCUT2D eigenvalue weighted by molar-refractivity contribution is 0.232. The van der Waals surface area contributed by atoms with Gasteiger partial charge in [-0.3, -0.25) is 0 Å². The first-order valence-electron chi connectivity index (χ1n) is 7.52. The first-order valence-corrected chi connectivity index (χ1v) is 7.52.